The summed E-state index contributed by atoms with van der Waals surface area (Å²) in [6.45, 7) is 4.21. The van der Waals surface area contributed by atoms with Crippen LogP contribution in [0.4, 0.5) is 16.2 Å². The van der Waals surface area contributed by atoms with Crippen LogP contribution in [0, 0.1) is 0 Å². The summed E-state index contributed by atoms with van der Waals surface area (Å²) in [4.78, 5) is 11.8. The molecule has 19 heavy (non-hydrogen) atoms. The number of anilines is 2. The lowest BCUT2D eigenvalue weighted by Crippen LogP contribution is -2.36. The molecule has 0 saturated heterocycles. The molecule has 0 unspecified atom stereocenters. The van der Waals surface area contributed by atoms with Gasteiger partial charge in [0.05, 0.1) is 0 Å². The number of nitrogens with one attached hydrogen (secondary N) is 2. The first kappa shape index (κ1) is 13.7. The Balaban J connectivity index is 1.95. The smallest absolute Gasteiger partial charge is 0.319 e. The molecule has 4 nitrogen and oxygen atoms in total. The summed E-state index contributed by atoms with van der Waals surface area (Å²) in [6, 6.07) is 5.89. The number of carbonyl (C=O) groups is 1. The summed E-state index contributed by atoms with van der Waals surface area (Å²) < 4.78 is 0. The molecule has 1 aromatic carbocycles. The van der Waals surface area contributed by atoms with E-state index in [1.807, 2.05) is 18.2 Å². The number of hydrogen-bond donors (Lipinski definition) is 3. The number of hydrogen-bond acceptors (Lipinski definition) is 2. The van der Waals surface area contributed by atoms with Gasteiger partial charge in [-0.2, -0.15) is 0 Å². The highest BCUT2D eigenvalue weighted by molar-refractivity contribution is 5.90. The lowest BCUT2D eigenvalue weighted by atomic mass is 10.0. The number of benzene rings is 1. The Labute approximate surface area is 114 Å². The molecule has 0 spiro atoms. The Morgan fingerprint density at radius 3 is 2.58 bits per heavy atom. The van der Waals surface area contributed by atoms with Crippen LogP contribution in [0.15, 0.2) is 18.2 Å². The Kier molecular flexibility index (Phi) is 4.30. The largest absolute Gasteiger partial charge is 0.398 e. The number of amides is 2. The number of nitrogens with two attached hydrogens (primary N) is 1. The van der Waals surface area contributed by atoms with E-state index in [0.717, 1.165) is 29.8 Å². The van der Waals surface area contributed by atoms with Crippen LogP contribution in [-0.4, -0.2) is 12.1 Å². The zero-order chi connectivity index (χ0) is 13.8. The van der Waals surface area contributed by atoms with Crippen molar-refractivity contribution in [1.29, 1.82) is 0 Å². The van der Waals surface area contributed by atoms with Gasteiger partial charge in [0.15, 0.2) is 0 Å². The molecule has 1 saturated carbocycles. The fraction of sp³-hybridized carbons (Fsp3) is 0.533. The number of urea groups is 1. The van der Waals surface area contributed by atoms with Crippen molar-refractivity contribution >= 4 is 17.4 Å². The first-order valence-corrected chi connectivity index (χ1v) is 7.03. The van der Waals surface area contributed by atoms with E-state index in [2.05, 4.69) is 24.5 Å². The van der Waals surface area contributed by atoms with Crippen LogP contribution in [0.25, 0.3) is 0 Å². The van der Waals surface area contributed by atoms with E-state index in [0.29, 0.717) is 12.0 Å². The van der Waals surface area contributed by atoms with Crippen molar-refractivity contribution in [2.24, 2.45) is 0 Å². The van der Waals surface area contributed by atoms with Gasteiger partial charge in [-0.1, -0.05) is 32.8 Å². The maximum Gasteiger partial charge on any atom is 0.319 e. The van der Waals surface area contributed by atoms with Crippen LogP contribution in [0.2, 0.25) is 0 Å². The molecule has 1 aromatic rings. The van der Waals surface area contributed by atoms with E-state index in [-0.39, 0.29) is 6.03 Å². The van der Waals surface area contributed by atoms with Gasteiger partial charge in [-0.25, -0.2) is 4.79 Å². The first-order valence-electron chi connectivity index (χ1n) is 7.03. The van der Waals surface area contributed by atoms with Crippen LogP contribution in [0.5, 0.6) is 0 Å². The molecule has 0 aliphatic heterocycles. The van der Waals surface area contributed by atoms with E-state index < -0.39 is 0 Å². The van der Waals surface area contributed by atoms with E-state index in [4.69, 9.17) is 5.73 Å². The summed E-state index contributed by atoms with van der Waals surface area (Å²) in [6.07, 6.45) is 4.59. The minimum absolute atomic E-state index is 0.136. The molecule has 4 heteroatoms. The standard InChI is InChI=1S/C15H23N3O/c1-10(2)13-8-7-12(9-14(13)16)18-15(19)17-11-5-3-4-6-11/h7-11H,3-6,16H2,1-2H3,(H2,17,18,19). The maximum absolute atomic E-state index is 11.8. The van der Waals surface area contributed by atoms with Crippen LogP contribution >= 0.6 is 0 Å². The fourth-order valence-corrected chi connectivity index (χ4v) is 2.60. The van der Waals surface area contributed by atoms with Crippen LogP contribution in [0.3, 0.4) is 0 Å². The van der Waals surface area contributed by atoms with Crippen molar-refractivity contribution in [2.75, 3.05) is 11.1 Å². The predicted molar refractivity (Wildman–Crippen MR) is 79.4 cm³/mol. The topological polar surface area (TPSA) is 67.2 Å². The van der Waals surface area contributed by atoms with Gasteiger partial charge in [-0.05, 0) is 36.5 Å². The Hall–Kier alpha value is -1.71. The van der Waals surface area contributed by atoms with Crippen molar-refractivity contribution in [2.45, 2.75) is 51.5 Å². The molecule has 0 atom stereocenters. The highest BCUT2D eigenvalue weighted by atomic mass is 16.2. The predicted octanol–water partition coefficient (Wildman–Crippen LogP) is 3.46. The van der Waals surface area contributed by atoms with Crippen LogP contribution in [0.1, 0.15) is 51.0 Å². The van der Waals surface area contributed by atoms with Gasteiger partial charge in [0.1, 0.15) is 0 Å². The number of rotatable bonds is 3. The van der Waals surface area contributed by atoms with Gasteiger partial charge in [-0.3, -0.25) is 0 Å². The molecule has 104 valence electrons. The Morgan fingerprint density at radius 1 is 1.32 bits per heavy atom. The maximum atomic E-state index is 11.8. The van der Waals surface area contributed by atoms with E-state index >= 15 is 0 Å². The lowest BCUT2D eigenvalue weighted by Gasteiger charge is -2.15. The highest BCUT2D eigenvalue weighted by Crippen LogP contribution is 2.25. The molecule has 1 fully saturated rings. The summed E-state index contributed by atoms with van der Waals surface area (Å²) in [5.74, 6) is 0.390. The average molecular weight is 261 g/mol. The lowest BCUT2D eigenvalue weighted by molar-refractivity contribution is 0.248. The summed E-state index contributed by atoms with van der Waals surface area (Å²) in [5.41, 5.74) is 8.58. The van der Waals surface area contributed by atoms with Gasteiger partial charge in [0, 0.05) is 17.4 Å². The Morgan fingerprint density at radius 2 is 2.00 bits per heavy atom. The van der Waals surface area contributed by atoms with Gasteiger partial charge in [0.25, 0.3) is 0 Å². The highest BCUT2D eigenvalue weighted by Gasteiger charge is 2.17. The molecule has 1 aliphatic rings. The van der Waals surface area contributed by atoms with Gasteiger partial charge in [-0.15, -0.1) is 0 Å². The second-order valence-corrected chi connectivity index (χ2v) is 5.58. The van der Waals surface area contributed by atoms with Crippen molar-refractivity contribution in [3.05, 3.63) is 23.8 Å². The third-order valence-electron chi connectivity index (χ3n) is 3.66. The summed E-state index contributed by atoms with van der Waals surface area (Å²) in [7, 11) is 0. The van der Waals surface area contributed by atoms with Gasteiger partial charge < -0.3 is 16.4 Å². The second-order valence-electron chi connectivity index (χ2n) is 5.58. The van der Waals surface area contributed by atoms with Crippen LogP contribution in [-0.2, 0) is 0 Å². The third-order valence-corrected chi connectivity index (χ3v) is 3.66. The molecular weight excluding hydrogens is 238 g/mol. The molecule has 0 radical (unpaired) electrons. The molecule has 2 rings (SSSR count). The fourth-order valence-electron chi connectivity index (χ4n) is 2.60. The molecule has 0 bridgehead atoms. The zero-order valence-electron chi connectivity index (χ0n) is 11.7. The van der Waals surface area contributed by atoms with Crippen molar-refractivity contribution < 1.29 is 4.79 Å². The van der Waals surface area contributed by atoms with Crippen molar-refractivity contribution in [1.82, 2.24) is 5.32 Å². The molecule has 2 amide bonds. The SMILES string of the molecule is CC(C)c1ccc(NC(=O)NC2CCCC2)cc1N. The zero-order valence-corrected chi connectivity index (χ0v) is 11.7. The van der Waals surface area contributed by atoms with Crippen molar-refractivity contribution in [3.8, 4) is 0 Å². The summed E-state index contributed by atoms with van der Waals surface area (Å²) in [5, 5.41) is 5.84. The van der Waals surface area contributed by atoms with Gasteiger partial charge >= 0.3 is 6.03 Å². The number of carbonyl (C=O) groups excluding carboxylic acids is 1. The average Bonchev–Trinajstić information content (AvgIpc) is 2.81. The minimum Gasteiger partial charge on any atom is -0.398 e. The monoisotopic (exact) mass is 261 g/mol. The summed E-state index contributed by atoms with van der Waals surface area (Å²) >= 11 is 0. The van der Waals surface area contributed by atoms with E-state index in [9.17, 15) is 4.79 Å². The Bertz CT molecular complexity index is 451. The van der Waals surface area contributed by atoms with E-state index in [1.165, 1.54) is 12.8 Å². The van der Waals surface area contributed by atoms with Crippen molar-refractivity contribution in [3.63, 3.8) is 0 Å². The molecule has 0 aromatic heterocycles. The quantitative estimate of drug-likeness (QED) is 0.729. The molecule has 4 N–H and O–H groups in total. The van der Waals surface area contributed by atoms with E-state index in [1.54, 1.807) is 0 Å². The minimum atomic E-state index is -0.136. The molecule has 1 aliphatic carbocycles. The van der Waals surface area contributed by atoms with Crippen LogP contribution < -0.4 is 16.4 Å². The van der Waals surface area contributed by atoms with Gasteiger partial charge in [0.2, 0.25) is 0 Å². The first-order chi connectivity index (χ1) is 9.06. The molecule has 0 heterocycles. The number of nitrogen functional groups attached to an aromatic ring is 1. The third kappa shape index (κ3) is 3.63. The second kappa shape index (κ2) is 5.95. The normalized spacial score (nSPS) is 15.7. The molecular formula is C15H23N3O.